The summed E-state index contributed by atoms with van der Waals surface area (Å²) in [5.74, 6) is 1.56. The van der Waals surface area contributed by atoms with Gasteiger partial charge in [0.25, 0.3) is 0 Å². The van der Waals surface area contributed by atoms with Crippen molar-refractivity contribution in [3.63, 3.8) is 0 Å². The minimum absolute atomic E-state index is 0.0650. The molecule has 6 nitrogen and oxygen atoms in total. The van der Waals surface area contributed by atoms with Crippen LogP contribution in [-0.4, -0.2) is 69.2 Å². The zero-order chi connectivity index (χ0) is 20.6. The molecular formula is C23H31N3O3. The molecule has 0 aliphatic carbocycles. The minimum atomic E-state index is 0.0650. The van der Waals surface area contributed by atoms with E-state index < -0.39 is 0 Å². The molecule has 3 rings (SSSR count). The van der Waals surface area contributed by atoms with E-state index >= 15 is 0 Å². The van der Waals surface area contributed by atoms with Crippen molar-refractivity contribution < 1.29 is 14.3 Å². The molecule has 0 radical (unpaired) electrons. The highest BCUT2D eigenvalue weighted by molar-refractivity contribution is 5.79. The van der Waals surface area contributed by atoms with Gasteiger partial charge in [-0.3, -0.25) is 9.69 Å². The highest BCUT2D eigenvalue weighted by Gasteiger charge is 2.26. The molecule has 1 heterocycles. The van der Waals surface area contributed by atoms with Crippen molar-refractivity contribution in [1.82, 2.24) is 15.1 Å². The van der Waals surface area contributed by atoms with Crippen LogP contribution in [0.5, 0.6) is 11.5 Å². The first kappa shape index (κ1) is 21.1. The first-order chi connectivity index (χ1) is 14.0. The highest BCUT2D eigenvalue weighted by atomic mass is 16.5. The Labute approximate surface area is 173 Å². The lowest BCUT2D eigenvalue weighted by Gasteiger charge is -2.33. The summed E-state index contributed by atoms with van der Waals surface area (Å²) in [4.78, 5) is 16.6. The maximum Gasteiger partial charge on any atom is 0.234 e. The largest absolute Gasteiger partial charge is 0.493 e. The van der Waals surface area contributed by atoms with E-state index in [1.54, 1.807) is 7.11 Å². The molecule has 0 spiro atoms. The molecule has 29 heavy (non-hydrogen) atoms. The Morgan fingerprint density at radius 3 is 2.66 bits per heavy atom. The molecule has 2 aromatic carbocycles. The van der Waals surface area contributed by atoms with Crippen molar-refractivity contribution in [1.29, 1.82) is 0 Å². The third-order valence-electron chi connectivity index (χ3n) is 5.00. The van der Waals surface area contributed by atoms with Crippen molar-refractivity contribution in [2.45, 2.75) is 19.0 Å². The van der Waals surface area contributed by atoms with Gasteiger partial charge in [-0.25, -0.2) is 0 Å². The number of benzene rings is 2. The van der Waals surface area contributed by atoms with E-state index in [0.29, 0.717) is 19.7 Å². The number of rotatable bonds is 9. The average molecular weight is 398 g/mol. The summed E-state index contributed by atoms with van der Waals surface area (Å²) in [6.07, 6.45) is 0.827. The normalized spacial score (nSPS) is 17.2. The molecule has 1 fully saturated rings. The Morgan fingerprint density at radius 1 is 1.14 bits per heavy atom. The fourth-order valence-electron chi connectivity index (χ4n) is 3.61. The van der Waals surface area contributed by atoms with Crippen molar-refractivity contribution in [3.8, 4) is 11.5 Å². The first-order valence-corrected chi connectivity index (χ1v) is 10.0. The summed E-state index contributed by atoms with van der Waals surface area (Å²) in [5.41, 5.74) is 2.27. The SMILES string of the molecule is COc1cccc(CN2CC(=O)N[C@@H](Cc3ccccc3)C2)c1OCCN(C)C. The van der Waals surface area contributed by atoms with E-state index in [-0.39, 0.29) is 11.9 Å². The van der Waals surface area contributed by atoms with Crippen LogP contribution in [0.15, 0.2) is 48.5 Å². The fraction of sp³-hybridized carbons (Fsp3) is 0.435. The van der Waals surface area contributed by atoms with E-state index in [1.165, 1.54) is 5.56 Å². The van der Waals surface area contributed by atoms with Crippen LogP contribution in [-0.2, 0) is 17.8 Å². The summed E-state index contributed by atoms with van der Waals surface area (Å²) in [7, 11) is 5.69. The number of piperazine rings is 1. The summed E-state index contributed by atoms with van der Waals surface area (Å²) in [6.45, 7) is 3.24. The molecule has 156 valence electrons. The van der Waals surface area contributed by atoms with E-state index in [9.17, 15) is 4.79 Å². The van der Waals surface area contributed by atoms with Gasteiger partial charge in [0.05, 0.1) is 13.7 Å². The lowest BCUT2D eigenvalue weighted by Crippen LogP contribution is -2.54. The maximum atomic E-state index is 12.3. The molecular weight excluding hydrogens is 366 g/mol. The Balaban J connectivity index is 1.70. The second-order valence-corrected chi connectivity index (χ2v) is 7.72. The Hall–Kier alpha value is -2.57. The van der Waals surface area contributed by atoms with Gasteiger partial charge < -0.3 is 19.7 Å². The van der Waals surface area contributed by atoms with Gasteiger partial charge in [-0.05, 0) is 32.1 Å². The van der Waals surface area contributed by atoms with Crippen LogP contribution in [0.4, 0.5) is 0 Å². The molecule has 1 atom stereocenters. The van der Waals surface area contributed by atoms with Gasteiger partial charge >= 0.3 is 0 Å². The minimum Gasteiger partial charge on any atom is -0.493 e. The summed E-state index contributed by atoms with van der Waals surface area (Å²) < 4.78 is 11.6. The summed E-state index contributed by atoms with van der Waals surface area (Å²) >= 11 is 0. The Kier molecular flexibility index (Phi) is 7.49. The van der Waals surface area contributed by atoms with Gasteiger partial charge in [0.1, 0.15) is 6.61 Å². The number of nitrogens with one attached hydrogen (secondary N) is 1. The number of hydrogen-bond donors (Lipinski definition) is 1. The predicted octanol–water partition coefficient (Wildman–Crippen LogP) is 2.18. The van der Waals surface area contributed by atoms with Gasteiger partial charge in [0, 0.05) is 31.2 Å². The molecule has 1 N–H and O–H groups in total. The van der Waals surface area contributed by atoms with Gasteiger partial charge in [-0.15, -0.1) is 0 Å². The number of carbonyl (C=O) groups excluding carboxylic acids is 1. The quantitative estimate of drug-likeness (QED) is 0.703. The second kappa shape index (κ2) is 10.3. The average Bonchev–Trinajstić information content (AvgIpc) is 2.69. The Bertz CT molecular complexity index is 795. The molecule has 6 heteroatoms. The predicted molar refractivity (Wildman–Crippen MR) is 114 cm³/mol. The fourth-order valence-corrected chi connectivity index (χ4v) is 3.61. The van der Waals surface area contributed by atoms with Gasteiger partial charge in [-0.1, -0.05) is 42.5 Å². The molecule has 0 aromatic heterocycles. The lowest BCUT2D eigenvalue weighted by molar-refractivity contribution is -0.125. The van der Waals surface area contributed by atoms with Crippen LogP contribution >= 0.6 is 0 Å². The molecule has 0 bridgehead atoms. The van der Waals surface area contributed by atoms with Crippen LogP contribution in [0, 0.1) is 0 Å². The second-order valence-electron chi connectivity index (χ2n) is 7.72. The zero-order valence-electron chi connectivity index (χ0n) is 17.6. The maximum absolute atomic E-state index is 12.3. The zero-order valence-corrected chi connectivity index (χ0v) is 17.6. The lowest BCUT2D eigenvalue weighted by atomic mass is 10.0. The van der Waals surface area contributed by atoms with Crippen molar-refractivity contribution in [2.24, 2.45) is 0 Å². The monoisotopic (exact) mass is 397 g/mol. The number of hydrogen-bond acceptors (Lipinski definition) is 5. The van der Waals surface area contributed by atoms with Crippen molar-refractivity contribution >= 4 is 5.91 Å². The Morgan fingerprint density at radius 2 is 1.93 bits per heavy atom. The first-order valence-electron chi connectivity index (χ1n) is 10.0. The third-order valence-corrected chi connectivity index (χ3v) is 5.00. The van der Waals surface area contributed by atoms with Crippen LogP contribution in [0.2, 0.25) is 0 Å². The summed E-state index contributed by atoms with van der Waals surface area (Å²) in [6, 6.07) is 16.3. The topological polar surface area (TPSA) is 54.0 Å². The van der Waals surface area contributed by atoms with Crippen LogP contribution in [0.1, 0.15) is 11.1 Å². The number of methoxy groups -OCH3 is 1. The van der Waals surface area contributed by atoms with Gasteiger partial charge in [0.2, 0.25) is 5.91 Å². The molecule has 1 aliphatic rings. The summed E-state index contributed by atoms with van der Waals surface area (Å²) in [5, 5.41) is 3.12. The third kappa shape index (κ3) is 6.21. The van der Waals surface area contributed by atoms with E-state index in [0.717, 1.165) is 36.6 Å². The van der Waals surface area contributed by atoms with Gasteiger partial charge in [0.15, 0.2) is 11.5 Å². The molecule has 2 aromatic rings. The number of amides is 1. The number of likely N-dealkylation sites (N-methyl/N-ethyl adjacent to an activating group) is 1. The smallest absolute Gasteiger partial charge is 0.234 e. The molecule has 1 saturated heterocycles. The van der Waals surface area contributed by atoms with E-state index in [4.69, 9.17) is 9.47 Å². The number of nitrogens with zero attached hydrogens (tertiary/aromatic N) is 2. The highest BCUT2D eigenvalue weighted by Crippen LogP contribution is 2.32. The number of ether oxygens (including phenoxy) is 2. The van der Waals surface area contributed by atoms with Crippen LogP contribution in [0.3, 0.4) is 0 Å². The van der Waals surface area contributed by atoms with Crippen molar-refractivity contribution in [2.75, 3.05) is 47.4 Å². The number of carbonyl (C=O) groups is 1. The molecule has 1 aliphatic heterocycles. The van der Waals surface area contributed by atoms with E-state index in [1.807, 2.05) is 50.5 Å². The standard InChI is InChI=1S/C23H31N3O3/c1-25(2)12-13-29-23-19(10-7-11-21(23)28-3)15-26-16-20(24-22(27)17-26)14-18-8-5-4-6-9-18/h4-11,20H,12-17H2,1-3H3,(H,24,27)/t20-/m0/s1. The van der Waals surface area contributed by atoms with Crippen LogP contribution in [0.25, 0.3) is 0 Å². The van der Waals surface area contributed by atoms with Crippen molar-refractivity contribution in [3.05, 3.63) is 59.7 Å². The molecule has 1 amide bonds. The molecule has 0 saturated carbocycles. The van der Waals surface area contributed by atoms with Gasteiger partial charge in [-0.2, -0.15) is 0 Å². The number of para-hydroxylation sites is 1. The molecule has 0 unspecified atom stereocenters. The van der Waals surface area contributed by atoms with E-state index in [2.05, 4.69) is 27.2 Å². The van der Waals surface area contributed by atoms with Crippen LogP contribution < -0.4 is 14.8 Å².